The highest BCUT2D eigenvalue weighted by molar-refractivity contribution is 5.83. The molecule has 0 unspecified atom stereocenters. The third-order valence-electron chi connectivity index (χ3n) is 2.44. The average molecular weight is 229 g/mol. The van der Waals surface area contributed by atoms with Gasteiger partial charge < -0.3 is 5.73 Å². The SMILES string of the molecule is CC(C)c1ccc2ccccc2c1.CC(N)=O. The van der Waals surface area contributed by atoms with Crippen LogP contribution in [0.4, 0.5) is 0 Å². The molecule has 0 saturated carbocycles. The maximum atomic E-state index is 9.22. The van der Waals surface area contributed by atoms with Crippen LogP contribution in [0.15, 0.2) is 42.5 Å². The molecular weight excluding hydrogens is 210 g/mol. The molecule has 2 aromatic rings. The molecule has 0 radical (unpaired) electrons. The zero-order valence-corrected chi connectivity index (χ0v) is 10.6. The van der Waals surface area contributed by atoms with Crippen molar-refractivity contribution in [2.24, 2.45) is 5.73 Å². The van der Waals surface area contributed by atoms with E-state index in [1.807, 2.05) is 0 Å². The van der Waals surface area contributed by atoms with Crippen molar-refractivity contribution < 1.29 is 4.79 Å². The minimum Gasteiger partial charge on any atom is -0.370 e. The summed E-state index contributed by atoms with van der Waals surface area (Å²) in [4.78, 5) is 9.22. The van der Waals surface area contributed by atoms with Crippen LogP contribution in [0.25, 0.3) is 10.8 Å². The van der Waals surface area contributed by atoms with Gasteiger partial charge in [0.15, 0.2) is 0 Å². The number of rotatable bonds is 1. The van der Waals surface area contributed by atoms with Crippen molar-refractivity contribution >= 4 is 16.7 Å². The summed E-state index contributed by atoms with van der Waals surface area (Å²) in [5, 5.41) is 2.67. The Morgan fingerprint density at radius 2 is 1.59 bits per heavy atom. The number of amides is 1. The van der Waals surface area contributed by atoms with E-state index >= 15 is 0 Å². The molecule has 0 spiro atoms. The maximum Gasteiger partial charge on any atom is 0.214 e. The van der Waals surface area contributed by atoms with Gasteiger partial charge in [0.2, 0.25) is 5.91 Å². The molecule has 2 nitrogen and oxygen atoms in total. The zero-order chi connectivity index (χ0) is 12.8. The summed E-state index contributed by atoms with van der Waals surface area (Å²) in [6.07, 6.45) is 0. The van der Waals surface area contributed by atoms with Gasteiger partial charge in [0, 0.05) is 6.92 Å². The predicted molar refractivity (Wildman–Crippen MR) is 72.9 cm³/mol. The van der Waals surface area contributed by atoms with Crippen molar-refractivity contribution in [2.75, 3.05) is 0 Å². The zero-order valence-electron chi connectivity index (χ0n) is 10.6. The van der Waals surface area contributed by atoms with Gasteiger partial charge in [-0.3, -0.25) is 4.79 Å². The van der Waals surface area contributed by atoms with E-state index in [9.17, 15) is 4.79 Å². The van der Waals surface area contributed by atoms with Crippen molar-refractivity contribution in [3.8, 4) is 0 Å². The van der Waals surface area contributed by atoms with Crippen LogP contribution in [0.5, 0.6) is 0 Å². The van der Waals surface area contributed by atoms with E-state index in [1.165, 1.54) is 23.3 Å². The van der Waals surface area contributed by atoms with E-state index < -0.39 is 0 Å². The Morgan fingerprint density at radius 3 is 2.12 bits per heavy atom. The monoisotopic (exact) mass is 229 g/mol. The van der Waals surface area contributed by atoms with E-state index in [0.29, 0.717) is 5.92 Å². The maximum absolute atomic E-state index is 9.22. The highest BCUT2D eigenvalue weighted by atomic mass is 16.1. The molecule has 0 fully saturated rings. The highest BCUT2D eigenvalue weighted by Gasteiger charge is 1.99. The van der Waals surface area contributed by atoms with E-state index in [-0.39, 0.29) is 5.91 Å². The van der Waals surface area contributed by atoms with Crippen molar-refractivity contribution in [1.82, 2.24) is 0 Å². The molecule has 2 aromatic carbocycles. The second-order valence-corrected chi connectivity index (χ2v) is 4.37. The number of nitrogens with two attached hydrogens (primary N) is 1. The Morgan fingerprint density at radius 1 is 1.06 bits per heavy atom. The molecule has 17 heavy (non-hydrogen) atoms. The van der Waals surface area contributed by atoms with Crippen LogP contribution in [0.1, 0.15) is 32.3 Å². The standard InChI is InChI=1S/C13H14.C2H5NO/c1-10(2)12-8-7-11-5-3-4-6-13(11)9-12;1-2(3)4/h3-10H,1-2H3;1H3,(H2,3,4). The smallest absolute Gasteiger partial charge is 0.214 e. The summed E-state index contributed by atoms with van der Waals surface area (Å²) < 4.78 is 0. The number of hydrogen-bond acceptors (Lipinski definition) is 1. The van der Waals surface area contributed by atoms with Crippen LogP contribution in [0, 0.1) is 0 Å². The number of carbonyl (C=O) groups is 1. The summed E-state index contributed by atoms with van der Waals surface area (Å²) in [5.41, 5.74) is 5.89. The van der Waals surface area contributed by atoms with E-state index in [1.54, 1.807) is 0 Å². The fourth-order valence-electron chi connectivity index (χ4n) is 1.57. The first-order valence-corrected chi connectivity index (χ1v) is 5.75. The Balaban J connectivity index is 0.000000317. The minimum absolute atomic E-state index is 0.333. The van der Waals surface area contributed by atoms with Gasteiger partial charge in [-0.2, -0.15) is 0 Å². The van der Waals surface area contributed by atoms with Gasteiger partial charge >= 0.3 is 0 Å². The molecule has 0 aliphatic carbocycles. The van der Waals surface area contributed by atoms with Crippen LogP contribution < -0.4 is 5.73 Å². The first kappa shape index (κ1) is 13.2. The predicted octanol–water partition coefficient (Wildman–Crippen LogP) is 3.45. The molecule has 0 atom stereocenters. The highest BCUT2D eigenvalue weighted by Crippen LogP contribution is 2.20. The van der Waals surface area contributed by atoms with Crippen molar-refractivity contribution in [3.05, 3.63) is 48.0 Å². The van der Waals surface area contributed by atoms with Gasteiger partial charge in [0.05, 0.1) is 0 Å². The van der Waals surface area contributed by atoms with Crippen LogP contribution in [0.3, 0.4) is 0 Å². The lowest BCUT2D eigenvalue weighted by Crippen LogP contribution is -2.01. The Bertz CT molecular complexity index is 499. The molecule has 0 saturated heterocycles. The minimum atomic E-state index is -0.333. The summed E-state index contributed by atoms with van der Waals surface area (Å²) in [6.45, 7) is 5.76. The summed E-state index contributed by atoms with van der Waals surface area (Å²) in [7, 11) is 0. The number of primary amides is 1. The second-order valence-electron chi connectivity index (χ2n) is 4.37. The second kappa shape index (κ2) is 6.04. The van der Waals surface area contributed by atoms with Gasteiger partial charge in [-0.25, -0.2) is 0 Å². The summed E-state index contributed by atoms with van der Waals surface area (Å²) in [6, 6.07) is 15.2. The molecule has 0 aromatic heterocycles. The Hall–Kier alpha value is -1.83. The molecule has 0 heterocycles. The fraction of sp³-hybridized carbons (Fsp3) is 0.267. The average Bonchev–Trinajstić information content (AvgIpc) is 2.27. The molecule has 0 bridgehead atoms. The summed E-state index contributed by atoms with van der Waals surface area (Å²) >= 11 is 0. The lowest BCUT2D eigenvalue weighted by atomic mass is 9.99. The number of fused-ring (bicyclic) bond motifs is 1. The quantitative estimate of drug-likeness (QED) is 0.799. The van der Waals surface area contributed by atoms with Crippen molar-refractivity contribution in [1.29, 1.82) is 0 Å². The molecule has 2 N–H and O–H groups in total. The lowest BCUT2D eigenvalue weighted by Gasteiger charge is -2.06. The van der Waals surface area contributed by atoms with E-state index in [2.05, 4.69) is 62.0 Å². The van der Waals surface area contributed by atoms with Gasteiger partial charge in [-0.05, 0) is 22.3 Å². The van der Waals surface area contributed by atoms with Crippen LogP contribution in [-0.4, -0.2) is 5.91 Å². The van der Waals surface area contributed by atoms with Crippen LogP contribution in [-0.2, 0) is 4.79 Å². The molecule has 2 rings (SSSR count). The first-order valence-electron chi connectivity index (χ1n) is 5.75. The third kappa shape index (κ3) is 4.27. The number of hydrogen-bond donors (Lipinski definition) is 1. The van der Waals surface area contributed by atoms with Crippen molar-refractivity contribution in [2.45, 2.75) is 26.7 Å². The molecule has 2 heteroatoms. The summed E-state index contributed by atoms with van der Waals surface area (Å²) in [5.74, 6) is 0.282. The van der Waals surface area contributed by atoms with E-state index in [4.69, 9.17) is 0 Å². The largest absolute Gasteiger partial charge is 0.370 e. The van der Waals surface area contributed by atoms with Gasteiger partial charge in [0.25, 0.3) is 0 Å². The van der Waals surface area contributed by atoms with Gasteiger partial charge in [-0.15, -0.1) is 0 Å². The van der Waals surface area contributed by atoms with Crippen molar-refractivity contribution in [3.63, 3.8) is 0 Å². The number of benzene rings is 2. The van der Waals surface area contributed by atoms with Crippen LogP contribution >= 0.6 is 0 Å². The molecule has 0 aliphatic heterocycles. The Labute approximate surface area is 102 Å². The molecule has 1 amide bonds. The van der Waals surface area contributed by atoms with Gasteiger partial charge in [-0.1, -0.05) is 56.3 Å². The third-order valence-corrected chi connectivity index (χ3v) is 2.44. The molecular formula is C15H19NO. The molecule has 0 aliphatic rings. The number of carbonyl (C=O) groups excluding carboxylic acids is 1. The topological polar surface area (TPSA) is 43.1 Å². The normalized spacial score (nSPS) is 9.88. The molecule has 90 valence electrons. The van der Waals surface area contributed by atoms with Gasteiger partial charge in [0.1, 0.15) is 0 Å². The fourth-order valence-corrected chi connectivity index (χ4v) is 1.57. The van der Waals surface area contributed by atoms with Crippen LogP contribution in [0.2, 0.25) is 0 Å². The lowest BCUT2D eigenvalue weighted by molar-refractivity contribution is -0.115. The van der Waals surface area contributed by atoms with E-state index in [0.717, 1.165) is 0 Å². The Kier molecular flexibility index (Phi) is 4.70. The first-order chi connectivity index (χ1) is 8.00.